The van der Waals surface area contributed by atoms with E-state index in [1.165, 1.54) is 31.4 Å². The van der Waals surface area contributed by atoms with E-state index in [9.17, 15) is 13.2 Å². The standard InChI is InChI=1S/C17H19NO5S/c1-12-5-4-6-16(13(12)2)18-24(20,21)15-9-7-14(8-10-15)23-11-17(19)22-3/h4-10,18H,11H2,1-3H3. The van der Waals surface area contributed by atoms with E-state index in [0.717, 1.165) is 11.1 Å². The first-order chi connectivity index (χ1) is 11.3. The van der Waals surface area contributed by atoms with Crippen LogP contribution in [0.25, 0.3) is 0 Å². The summed E-state index contributed by atoms with van der Waals surface area (Å²) in [7, 11) is -2.44. The molecule has 0 saturated heterocycles. The summed E-state index contributed by atoms with van der Waals surface area (Å²) in [5.74, 6) is -0.130. The normalized spacial score (nSPS) is 11.0. The van der Waals surface area contributed by atoms with E-state index in [1.807, 2.05) is 19.9 Å². The molecule has 0 bridgehead atoms. The molecular weight excluding hydrogens is 330 g/mol. The molecule has 24 heavy (non-hydrogen) atoms. The lowest BCUT2D eigenvalue weighted by Gasteiger charge is -2.12. The Balaban J connectivity index is 2.15. The minimum Gasteiger partial charge on any atom is -0.482 e. The maximum Gasteiger partial charge on any atom is 0.343 e. The van der Waals surface area contributed by atoms with E-state index in [-0.39, 0.29) is 11.5 Å². The van der Waals surface area contributed by atoms with Gasteiger partial charge in [-0.3, -0.25) is 4.72 Å². The second kappa shape index (κ2) is 7.35. The summed E-state index contributed by atoms with van der Waals surface area (Å²) in [6.07, 6.45) is 0. The Morgan fingerprint density at radius 2 is 1.75 bits per heavy atom. The molecule has 0 radical (unpaired) electrons. The predicted octanol–water partition coefficient (Wildman–Crippen LogP) is 2.66. The van der Waals surface area contributed by atoms with E-state index in [2.05, 4.69) is 9.46 Å². The van der Waals surface area contributed by atoms with Gasteiger partial charge in [0.1, 0.15) is 5.75 Å². The van der Waals surface area contributed by atoms with Gasteiger partial charge < -0.3 is 9.47 Å². The smallest absolute Gasteiger partial charge is 0.343 e. The van der Waals surface area contributed by atoms with Crippen LogP contribution in [-0.4, -0.2) is 28.1 Å². The van der Waals surface area contributed by atoms with Crippen molar-refractivity contribution < 1.29 is 22.7 Å². The molecule has 0 aliphatic heterocycles. The van der Waals surface area contributed by atoms with Gasteiger partial charge in [0.2, 0.25) is 0 Å². The number of methoxy groups -OCH3 is 1. The highest BCUT2D eigenvalue weighted by Crippen LogP contribution is 2.23. The number of carbonyl (C=O) groups is 1. The van der Waals surface area contributed by atoms with E-state index in [1.54, 1.807) is 12.1 Å². The number of hydrogen-bond donors (Lipinski definition) is 1. The SMILES string of the molecule is COC(=O)COc1ccc(S(=O)(=O)Nc2cccc(C)c2C)cc1. The highest BCUT2D eigenvalue weighted by molar-refractivity contribution is 7.92. The molecule has 0 spiro atoms. The third-order valence-electron chi connectivity index (χ3n) is 3.57. The van der Waals surface area contributed by atoms with Gasteiger partial charge in [-0.1, -0.05) is 12.1 Å². The first kappa shape index (κ1) is 17.8. The van der Waals surface area contributed by atoms with Crippen LogP contribution in [0.1, 0.15) is 11.1 Å². The highest BCUT2D eigenvalue weighted by atomic mass is 32.2. The lowest BCUT2D eigenvalue weighted by Crippen LogP contribution is -2.14. The third-order valence-corrected chi connectivity index (χ3v) is 4.95. The molecule has 0 aliphatic carbocycles. The Labute approximate surface area is 141 Å². The van der Waals surface area contributed by atoms with Crippen molar-refractivity contribution in [3.8, 4) is 5.75 Å². The molecule has 0 aromatic heterocycles. The van der Waals surface area contributed by atoms with Crippen molar-refractivity contribution in [2.45, 2.75) is 18.7 Å². The number of aryl methyl sites for hydroxylation is 1. The third kappa shape index (κ3) is 4.26. The molecule has 2 aromatic rings. The van der Waals surface area contributed by atoms with Crippen LogP contribution < -0.4 is 9.46 Å². The van der Waals surface area contributed by atoms with Crippen LogP contribution in [-0.2, 0) is 19.6 Å². The molecule has 0 aliphatic rings. The molecule has 0 fully saturated rings. The van der Waals surface area contributed by atoms with Crippen LogP contribution in [0.15, 0.2) is 47.4 Å². The highest BCUT2D eigenvalue weighted by Gasteiger charge is 2.16. The van der Waals surface area contributed by atoms with Crippen LogP contribution >= 0.6 is 0 Å². The molecule has 1 N–H and O–H groups in total. The van der Waals surface area contributed by atoms with Crippen LogP contribution in [0.2, 0.25) is 0 Å². The lowest BCUT2D eigenvalue weighted by molar-refractivity contribution is -0.142. The van der Waals surface area contributed by atoms with Gasteiger partial charge in [0, 0.05) is 0 Å². The minimum atomic E-state index is -3.70. The number of hydrogen-bond acceptors (Lipinski definition) is 5. The van der Waals surface area contributed by atoms with E-state index in [0.29, 0.717) is 11.4 Å². The van der Waals surface area contributed by atoms with Gasteiger partial charge in [0.15, 0.2) is 6.61 Å². The summed E-state index contributed by atoms with van der Waals surface area (Å²) in [6, 6.07) is 11.2. The largest absolute Gasteiger partial charge is 0.482 e. The summed E-state index contributed by atoms with van der Waals surface area (Å²) >= 11 is 0. The zero-order valence-electron chi connectivity index (χ0n) is 13.7. The van der Waals surface area contributed by atoms with Crippen LogP contribution in [0.5, 0.6) is 5.75 Å². The van der Waals surface area contributed by atoms with E-state index >= 15 is 0 Å². The van der Waals surface area contributed by atoms with Crippen molar-refractivity contribution >= 4 is 21.7 Å². The molecule has 0 unspecified atom stereocenters. The van der Waals surface area contributed by atoms with Crippen molar-refractivity contribution in [2.75, 3.05) is 18.4 Å². The van der Waals surface area contributed by atoms with Crippen LogP contribution in [0.3, 0.4) is 0 Å². The maximum atomic E-state index is 12.5. The van der Waals surface area contributed by atoms with Crippen molar-refractivity contribution in [3.63, 3.8) is 0 Å². The van der Waals surface area contributed by atoms with Gasteiger partial charge in [0.25, 0.3) is 10.0 Å². The molecule has 0 atom stereocenters. The zero-order valence-corrected chi connectivity index (χ0v) is 14.5. The number of carbonyl (C=O) groups excluding carboxylic acids is 1. The lowest BCUT2D eigenvalue weighted by atomic mass is 10.1. The van der Waals surface area contributed by atoms with Gasteiger partial charge in [-0.05, 0) is 55.3 Å². The molecule has 2 rings (SSSR count). The molecule has 0 amide bonds. The number of esters is 1. The van der Waals surface area contributed by atoms with Crippen LogP contribution in [0.4, 0.5) is 5.69 Å². The predicted molar refractivity (Wildman–Crippen MR) is 90.7 cm³/mol. The summed E-state index contributed by atoms with van der Waals surface area (Å²) in [5, 5.41) is 0. The fraction of sp³-hybridized carbons (Fsp3) is 0.235. The Morgan fingerprint density at radius 1 is 1.08 bits per heavy atom. The Hall–Kier alpha value is -2.54. The monoisotopic (exact) mass is 349 g/mol. The van der Waals surface area contributed by atoms with Crippen molar-refractivity contribution in [1.29, 1.82) is 0 Å². The van der Waals surface area contributed by atoms with Crippen molar-refractivity contribution in [1.82, 2.24) is 0 Å². The van der Waals surface area contributed by atoms with E-state index < -0.39 is 16.0 Å². The molecule has 128 valence electrons. The maximum absolute atomic E-state index is 12.5. The first-order valence-electron chi connectivity index (χ1n) is 7.22. The second-order valence-corrected chi connectivity index (χ2v) is 6.87. The number of sulfonamides is 1. The average molecular weight is 349 g/mol. The zero-order chi connectivity index (χ0) is 17.7. The quantitative estimate of drug-likeness (QED) is 0.811. The Kier molecular flexibility index (Phi) is 5.46. The first-order valence-corrected chi connectivity index (χ1v) is 8.70. The Morgan fingerprint density at radius 3 is 2.38 bits per heavy atom. The number of rotatable bonds is 6. The summed E-state index contributed by atoms with van der Waals surface area (Å²) in [5.41, 5.74) is 2.42. The topological polar surface area (TPSA) is 81.7 Å². The second-order valence-electron chi connectivity index (χ2n) is 5.19. The molecule has 7 heteroatoms. The summed E-state index contributed by atoms with van der Waals surface area (Å²) in [6.45, 7) is 3.54. The molecule has 2 aromatic carbocycles. The Bertz CT molecular complexity index is 829. The number of nitrogens with one attached hydrogen (secondary N) is 1. The van der Waals surface area contributed by atoms with Gasteiger partial charge in [-0.2, -0.15) is 0 Å². The average Bonchev–Trinajstić information content (AvgIpc) is 2.57. The minimum absolute atomic E-state index is 0.105. The summed E-state index contributed by atoms with van der Waals surface area (Å²) < 4.78 is 37.2. The fourth-order valence-corrected chi connectivity index (χ4v) is 3.10. The fourth-order valence-electron chi connectivity index (χ4n) is 1.98. The number of benzene rings is 2. The van der Waals surface area contributed by atoms with Crippen molar-refractivity contribution in [3.05, 3.63) is 53.6 Å². The molecule has 6 nitrogen and oxygen atoms in total. The summed E-state index contributed by atoms with van der Waals surface area (Å²) in [4.78, 5) is 11.1. The van der Waals surface area contributed by atoms with Gasteiger partial charge in [-0.15, -0.1) is 0 Å². The van der Waals surface area contributed by atoms with Crippen molar-refractivity contribution in [2.24, 2.45) is 0 Å². The molecule has 0 heterocycles. The number of ether oxygens (including phenoxy) is 2. The number of anilines is 1. The van der Waals surface area contributed by atoms with Gasteiger partial charge in [-0.25, -0.2) is 13.2 Å². The van der Waals surface area contributed by atoms with Gasteiger partial charge >= 0.3 is 5.97 Å². The molecule has 0 saturated carbocycles. The van der Waals surface area contributed by atoms with Gasteiger partial charge in [0.05, 0.1) is 17.7 Å². The van der Waals surface area contributed by atoms with Crippen LogP contribution in [0, 0.1) is 13.8 Å². The molecular formula is C17H19NO5S. The van der Waals surface area contributed by atoms with E-state index in [4.69, 9.17) is 4.74 Å².